The van der Waals surface area contributed by atoms with Crippen molar-refractivity contribution in [1.29, 1.82) is 0 Å². The van der Waals surface area contributed by atoms with Gasteiger partial charge in [-0.1, -0.05) is 23.8 Å². The third-order valence-corrected chi connectivity index (χ3v) is 3.06. The molecule has 0 aromatic heterocycles. The highest BCUT2D eigenvalue weighted by atomic mass is 16.5. The molecule has 1 atom stereocenters. The molecule has 2 nitrogen and oxygen atoms in total. The summed E-state index contributed by atoms with van der Waals surface area (Å²) in [5.41, 5.74) is 2.79. The lowest BCUT2D eigenvalue weighted by Gasteiger charge is -2.13. The second-order valence-corrected chi connectivity index (χ2v) is 4.27. The average Bonchev–Trinajstić information content (AvgIpc) is 2.38. The van der Waals surface area contributed by atoms with Crippen molar-refractivity contribution in [2.75, 3.05) is 6.61 Å². The van der Waals surface area contributed by atoms with Gasteiger partial charge < -0.3 is 4.74 Å². The summed E-state index contributed by atoms with van der Waals surface area (Å²) in [7, 11) is 0. The van der Waals surface area contributed by atoms with E-state index in [1.54, 1.807) is 6.08 Å². The van der Waals surface area contributed by atoms with Gasteiger partial charge in [0.15, 0.2) is 0 Å². The fourth-order valence-electron chi connectivity index (χ4n) is 1.93. The minimum absolute atomic E-state index is 0.0578. The minimum Gasteiger partial charge on any atom is -0.461 e. The molecule has 1 rings (SSSR count). The maximum atomic E-state index is 11.7. The van der Waals surface area contributed by atoms with Crippen LogP contribution >= 0.6 is 0 Å². The average molecular weight is 208 g/mol. The number of hydrogen-bond acceptors (Lipinski definition) is 2. The lowest BCUT2D eigenvalue weighted by atomic mass is 9.98. The van der Waals surface area contributed by atoms with Crippen molar-refractivity contribution in [3.05, 3.63) is 23.8 Å². The second kappa shape index (κ2) is 5.74. The van der Waals surface area contributed by atoms with Crippen LogP contribution in [0.5, 0.6) is 0 Å². The number of carbonyl (C=O) groups is 1. The van der Waals surface area contributed by atoms with Crippen molar-refractivity contribution in [2.24, 2.45) is 5.92 Å². The zero-order chi connectivity index (χ0) is 11.3. The van der Waals surface area contributed by atoms with Gasteiger partial charge in [-0.25, -0.2) is 0 Å². The van der Waals surface area contributed by atoms with Gasteiger partial charge in [0.2, 0.25) is 0 Å². The van der Waals surface area contributed by atoms with Crippen LogP contribution in [0.25, 0.3) is 0 Å². The molecule has 0 aromatic rings. The summed E-state index contributed by atoms with van der Waals surface area (Å²) in [5.74, 6) is -0.00801. The predicted molar refractivity (Wildman–Crippen MR) is 61.5 cm³/mol. The zero-order valence-electron chi connectivity index (χ0n) is 9.71. The molecule has 1 aliphatic carbocycles. The molecule has 1 aliphatic rings. The topological polar surface area (TPSA) is 26.3 Å². The predicted octanol–water partition coefficient (Wildman–Crippen LogP) is 3.24. The Labute approximate surface area is 92.0 Å². The maximum Gasteiger partial charge on any atom is 0.309 e. The first-order chi connectivity index (χ1) is 7.15. The summed E-state index contributed by atoms with van der Waals surface area (Å²) in [6, 6.07) is 0. The fourth-order valence-corrected chi connectivity index (χ4v) is 1.93. The van der Waals surface area contributed by atoms with E-state index in [1.807, 2.05) is 0 Å². The van der Waals surface area contributed by atoms with Crippen LogP contribution in [0.15, 0.2) is 23.8 Å². The van der Waals surface area contributed by atoms with Crippen molar-refractivity contribution < 1.29 is 9.53 Å². The first-order valence-electron chi connectivity index (χ1n) is 5.58. The highest BCUT2D eigenvalue weighted by Crippen LogP contribution is 2.28. The molecule has 0 radical (unpaired) electrons. The van der Waals surface area contributed by atoms with Gasteiger partial charge in [-0.05, 0) is 39.5 Å². The first kappa shape index (κ1) is 12.0. The molecular weight excluding hydrogens is 188 g/mol. The van der Waals surface area contributed by atoms with Crippen LogP contribution in [-0.4, -0.2) is 12.6 Å². The van der Waals surface area contributed by atoms with Crippen molar-refractivity contribution in [3.63, 3.8) is 0 Å². The van der Waals surface area contributed by atoms with E-state index >= 15 is 0 Å². The van der Waals surface area contributed by atoms with E-state index in [0.717, 1.165) is 25.7 Å². The lowest BCUT2D eigenvalue weighted by Crippen LogP contribution is -2.17. The molecule has 0 bridgehead atoms. The molecule has 0 spiro atoms. The summed E-state index contributed by atoms with van der Waals surface area (Å²) < 4.78 is 5.09. The summed E-state index contributed by atoms with van der Waals surface area (Å²) in [6.45, 7) is 8.15. The Kier molecular flexibility index (Phi) is 4.60. The smallest absolute Gasteiger partial charge is 0.309 e. The zero-order valence-corrected chi connectivity index (χ0v) is 9.71. The van der Waals surface area contributed by atoms with Gasteiger partial charge in [0, 0.05) is 0 Å². The Morgan fingerprint density at radius 2 is 2.27 bits per heavy atom. The molecule has 0 aliphatic heterocycles. The number of ether oxygens (including phenoxy) is 1. The van der Waals surface area contributed by atoms with Gasteiger partial charge in [0.25, 0.3) is 0 Å². The van der Waals surface area contributed by atoms with E-state index in [1.165, 1.54) is 11.1 Å². The van der Waals surface area contributed by atoms with E-state index in [9.17, 15) is 4.79 Å². The summed E-state index contributed by atoms with van der Waals surface area (Å²) in [4.78, 5) is 11.7. The number of carbonyl (C=O) groups excluding carboxylic acids is 1. The van der Waals surface area contributed by atoms with Crippen molar-refractivity contribution in [1.82, 2.24) is 0 Å². The Balaban J connectivity index is 2.55. The van der Waals surface area contributed by atoms with Crippen molar-refractivity contribution in [2.45, 2.75) is 39.5 Å². The molecule has 0 amide bonds. The Bertz CT molecular complexity index is 276. The van der Waals surface area contributed by atoms with E-state index in [-0.39, 0.29) is 11.9 Å². The van der Waals surface area contributed by atoms with Gasteiger partial charge in [-0.3, -0.25) is 4.79 Å². The summed E-state index contributed by atoms with van der Waals surface area (Å²) in [5, 5.41) is 0. The minimum atomic E-state index is -0.0658. The van der Waals surface area contributed by atoms with Gasteiger partial charge in [-0.15, -0.1) is 0 Å². The van der Waals surface area contributed by atoms with Gasteiger partial charge >= 0.3 is 5.97 Å². The molecule has 0 saturated carbocycles. The van der Waals surface area contributed by atoms with Crippen LogP contribution in [-0.2, 0) is 9.53 Å². The van der Waals surface area contributed by atoms with Crippen LogP contribution in [0.3, 0.4) is 0 Å². The lowest BCUT2D eigenvalue weighted by molar-refractivity contribution is -0.147. The van der Waals surface area contributed by atoms with Crippen LogP contribution in [0, 0.1) is 5.92 Å². The number of hydrogen-bond donors (Lipinski definition) is 0. The van der Waals surface area contributed by atoms with Crippen LogP contribution in [0.4, 0.5) is 0 Å². The largest absolute Gasteiger partial charge is 0.461 e. The fraction of sp³-hybridized carbons (Fsp3) is 0.615. The van der Waals surface area contributed by atoms with Crippen LogP contribution < -0.4 is 0 Å². The Morgan fingerprint density at radius 3 is 2.93 bits per heavy atom. The van der Waals surface area contributed by atoms with E-state index in [4.69, 9.17) is 4.74 Å². The SMILES string of the molecule is C=CCOC(=O)C1CCCC(C)=C(C)C1. The van der Waals surface area contributed by atoms with Crippen LogP contribution in [0.1, 0.15) is 39.5 Å². The van der Waals surface area contributed by atoms with Gasteiger partial charge in [0.1, 0.15) is 6.61 Å². The van der Waals surface area contributed by atoms with Crippen LogP contribution in [0.2, 0.25) is 0 Å². The second-order valence-electron chi connectivity index (χ2n) is 4.27. The monoisotopic (exact) mass is 208 g/mol. The first-order valence-corrected chi connectivity index (χ1v) is 5.58. The Hall–Kier alpha value is -1.05. The molecule has 0 fully saturated rings. The molecule has 84 valence electrons. The van der Waals surface area contributed by atoms with Crippen molar-refractivity contribution >= 4 is 5.97 Å². The number of rotatable bonds is 3. The van der Waals surface area contributed by atoms with E-state index in [2.05, 4.69) is 20.4 Å². The molecule has 0 heterocycles. The third-order valence-electron chi connectivity index (χ3n) is 3.06. The third kappa shape index (κ3) is 3.54. The molecule has 1 unspecified atom stereocenters. The molecule has 0 saturated heterocycles. The Morgan fingerprint density at radius 1 is 1.53 bits per heavy atom. The quantitative estimate of drug-likeness (QED) is 0.525. The molecule has 0 aromatic carbocycles. The molecule has 2 heteroatoms. The number of esters is 1. The maximum absolute atomic E-state index is 11.7. The van der Waals surface area contributed by atoms with Crippen molar-refractivity contribution in [3.8, 4) is 0 Å². The molecule has 15 heavy (non-hydrogen) atoms. The number of allylic oxidation sites excluding steroid dienone is 2. The van der Waals surface area contributed by atoms with Gasteiger partial charge in [-0.2, -0.15) is 0 Å². The van der Waals surface area contributed by atoms with Gasteiger partial charge in [0.05, 0.1) is 5.92 Å². The van der Waals surface area contributed by atoms with E-state index < -0.39 is 0 Å². The summed E-state index contributed by atoms with van der Waals surface area (Å²) >= 11 is 0. The molecule has 0 N–H and O–H groups in total. The summed E-state index contributed by atoms with van der Waals surface area (Å²) in [6.07, 6.45) is 5.64. The standard InChI is InChI=1S/C13H20O2/c1-4-8-15-13(14)12-7-5-6-10(2)11(3)9-12/h4,12H,1,5-9H2,2-3H3. The van der Waals surface area contributed by atoms with E-state index in [0.29, 0.717) is 6.61 Å². The molecular formula is C13H20O2. The normalized spacial score (nSPS) is 22.1. The highest BCUT2D eigenvalue weighted by molar-refractivity contribution is 5.73. The highest BCUT2D eigenvalue weighted by Gasteiger charge is 2.22.